The van der Waals surface area contributed by atoms with Gasteiger partial charge in [-0.1, -0.05) is 0 Å². The lowest BCUT2D eigenvalue weighted by Gasteiger charge is -2.32. The van der Waals surface area contributed by atoms with E-state index < -0.39 is 11.9 Å². The molecule has 0 aliphatic carbocycles. The van der Waals surface area contributed by atoms with Crippen LogP contribution in [0.2, 0.25) is 0 Å². The van der Waals surface area contributed by atoms with Crippen LogP contribution < -0.4 is 10.2 Å². The predicted molar refractivity (Wildman–Crippen MR) is 95.4 cm³/mol. The van der Waals surface area contributed by atoms with E-state index in [1.54, 1.807) is 18.5 Å². The first kappa shape index (κ1) is 17.4. The van der Waals surface area contributed by atoms with Crippen LogP contribution in [0.5, 0.6) is 0 Å². The number of piperidine rings is 1. The van der Waals surface area contributed by atoms with Crippen molar-refractivity contribution in [1.29, 1.82) is 0 Å². The summed E-state index contributed by atoms with van der Waals surface area (Å²) in [5.74, 6) is 1.27. The Kier molecular flexibility index (Phi) is 4.51. The van der Waals surface area contributed by atoms with Gasteiger partial charge >= 0.3 is 6.18 Å². The van der Waals surface area contributed by atoms with Crippen LogP contribution in [0, 0.1) is 0 Å². The molecule has 0 radical (unpaired) electrons. The summed E-state index contributed by atoms with van der Waals surface area (Å²) in [6, 6.07) is 5.86. The maximum absolute atomic E-state index is 12.9. The number of nitrogens with zero attached hydrogens (tertiary/aromatic N) is 5. The third-order valence-corrected chi connectivity index (χ3v) is 4.58. The van der Waals surface area contributed by atoms with Gasteiger partial charge in [-0.15, -0.1) is 0 Å². The summed E-state index contributed by atoms with van der Waals surface area (Å²) in [5.41, 5.74) is -0.624. The number of aromatic nitrogens is 4. The number of hydrogen-bond donors (Lipinski definition) is 1. The molecule has 6 nitrogen and oxygen atoms in total. The lowest BCUT2D eigenvalue weighted by molar-refractivity contribution is -0.140. The highest BCUT2D eigenvalue weighted by atomic mass is 19.4. The van der Waals surface area contributed by atoms with Crippen molar-refractivity contribution in [3.05, 3.63) is 48.5 Å². The molecule has 0 bridgehead atoms. The van der Waals surface area contributed by atoms with E-state index in [1.807, 2.05) is 0 Å². The molecule has 1 aliphatic heterocycles. The van der Waals surface area contributed by atoms with Crippen molar-refractivity contribution in [2.24, 2.45) is 0 Å². The SMILES string of the molecule is FC(F)(F)c1ccc2c(NC3CCN(c4ncccn4)CC3)nccc2n1. The van der Waals surface area contributed by atoms with E-state index in [-0.39, 0.29) is 11.6 Å². The predicted octanol–water partition coefficient (Wildman–Crippen LogP) is 3.52. The van der Waals surface area contributed by atoms with Gasteiger partial charge < -0.3 is 10.2 Å². The zero-order valence-corrected chi connectivity index (χ0v) is 14.3. The van der Waals surface area contributed by atoms with Crippen LogP contribution in [0.25, 0.3) is 10.9 Å². The topological polar surface area (TPSA) is 66.8 Å². The van der Waals surface area contributed by atoms with Gasteiger partial charge in [-0.05, 0) is 37.1 Å². The molecule has 1 fully saturated rings. The Hall–Kier alpha value is -2.97. The van der Waals surface area contributed by atoms with E-state index in [0.717, 1.165) is 32.0 Å². The van der Waals surface area contributed by atoms with E-state index in [4.69, 9.17) is 0 Å². The minimum absolute atomic E-state index is 0.172. The summed E-state index contributed by atoms with van der Waals surface area (Å²) >= 11 is 0. The monoisotopic (exact) mass is 374 g/mol. The first-order chi connectivity index (χ1) is 13.0. The third kappa shape index (κ3) is 3.76. The first-order valence-corrected chi connectivity index (χ1v) is 8.62. The lowest BCUT2D eigenvalue weighted by Crippen LogP contribution is -2.40. The van der Waals surface area contributed by atoms with Gasteiger partial charge in [-0.25, -0.2) is 19.9 Å². The fourth-order valence-electron chi connectivity index (χ4n) is 3.20. The van der Waals surface area contributed by atoms with Crippen molar-refractivity contribution < 1.29 is 13.2 Å². The largest absolute Gasteiger partial charge is 0.433 e. The maximum atomic E-state index is 12.9. The second-order valence-corrected chi connectivity index (χ2v) is 6.37. The highest BCUT2D eigenvalue weighted by molar-refractivity contribution is 5.89. The molecule has 4 heterocycles. The quantitative estimate of drug-likeness (QED) is 0.757. The van der Waals surface area contributed by atoms with Gasteiger partial charge in [-0.2, -0.15) is 13.2 Å². The van der Waals surface area contributed by atoms with Crippen LogP contribution in [0.15, 0.2) is 42.9 Å². The fraction of sp³-hybridized carbons (Fsp3) is 0.333. The molecule has 27 heavy (non-hydrogen) atoms. The highest BCUT2D eigenvalue weighted by Crippen LogP contribution is 2.30. The summed E-state index contributed by atoms with van der Waals surface area (Å²) < 4.78 is 38.6. The second kappa shape index (κ2) is 6.98. The van der Waals surface area contributed by atoms with Crippen LogP contribution >= 0.6 is 0 Å². The van der Waals surface area contributed by atoms with Gasteiger partial charge in [-0.3, -0.25) is 0 Å². The number of hydrogen-bond acceptors (Lipinski definition) is 6. The summed E-state index contributed by atoms with van der Waals surface area (Å²) in [4.78, 5) is 18.7. The molecule has 140 valence electrons. The average molecular weight is 374 g/mol. The van der Waals surface area contributed by atoms with Crippen LogP contribution in [-0.4, -0.2) is 39.1 Å². The second-order valence-electron chi connectivity index (χ2n) is 6.37. The zero-order valence-electron chi connectivity index (χ0n) is 14.3. The molecule has 0 spiro atoms. The molecule has 0 atom stereocenters. The molecule has 9 heteroatoms. The van der Waals surface area contributed by atoms with Gasteiger partial charge in [0.1, 0.15) is 11.5 Å². The van der Waals surface area contributed by atoms with Gasteiger partial charge in [0.15, 0.2) is 0 Å². The van der Waals surface area contributed by atoms with Gasteiger partial charge in [0.25, 0.3) is 0 Å². The molecule has 0 saturated carbocycles. The molecule has 4 rings (SSSR count). The summed E-state index contributed by atoms with van der Waals surface area (Å²) in [6.07, 6.45) is 2.15. The number of anilines is 2. The van der Waals surface area contributed by atoms with E-state index in [0.29, 0.717) is 17.2 Å². The summed E-state index contributed by atoms with van der Waals surface area (Å²) in [5, 5.41) is 3.94. The van der Waals surface area contributed by atoms with E-state index in [9.17, 15) is 13.2 Å². The standard InChI is InChI=1S/C18H17F3N6/c19-18(20,21)15-3-2-13-14(26-15)4-9-22-16(13)25-12-5-10-27(11-6-12)17-23-7-1-8-24-17/h1-4,7-9,12H,5-6,10-11H2,(H,22,25). The number of fused-ring (bicyclic) bond motifs is 1. The highest BCUT2D eigenvalue weighted by Gasteiger charge is 2.32. The van der Waals surface area contributed by atoms with Crippen LogP contribution in [-0.2, 0) is 6.18 Å². The van der Waals surface area contributed by atoms with Crippen LogP contribution in [0.3, 0.4) is 0 Å². The lowest BCUT2D eigenvalue weighted by atomic mass is 10.0. The number of halogens is 3. The van der Waals surface area contributed by atoms with Gasteiger partial charge in [0.05, 0.1) is 5.52 Å². The molecular formula is C18H17F3N6. The molecule has 0 amide bonds. The molecular weight excluding hydrogens is 357 g/mol. The molecule has 1 saturated heterocycles. The van der Waals surface area contributed by atoms with Crippen LogP contribution in [0.1, 0.15) is 18.5 Å². The van der Waals surface area contributed by atoms with Crippen molar-refractivity contribution in [2.75, 3.05) is 23.3 Å². The third-order valence-electron chi connectivity index (χ3n) is 4.58. The zero-order chi connectivity index (χ0) is 18.9. The van der Waals surface area contributed by atoms with Crippen molar-refractivity contribution in [3.8, 4) is 0 Å². The normalized spacial score (nSPS) is 15.9. The Bertz CT molecular complexity index is 923. The maximum Gasteiger partial charge on any atom is 0.433 e. The van der Waals surface area contributed by atoms with Crippen molar-refractivity contribution in [2.45, 2.75) is 25.1 Å². The molecule has 3 aromatic heterocycles. The van der Waals surface area contributed by atoms with Crippen molar-refractivity contribution in [1.82, 2.24) is 19.9 Å². The van der Waals surface area contributed by atoms with Gasteiger partial charge in [0.2, 0.25) is 5.95 Å². The van der Waals surface area contributed by atoms with Crippen molar-refractivity contribution >= 4 is 22.7 Å². The van der Waals surface area contributed by atoms with E-state index in [1.165, 1.54) is 18.3 Å². The van der Waals surface area contributed by atoms with E-state index in [2.05, 4.69) is 30.2 Å². The molecule has 1 aliphatic rings. The summed E-state index contributed by atoms with van der Waals surface area (Å²) in [7, 11) is 0. The smallest absolute Gasteiger partial charge is 0.367 e. The molecule has 0 unspecified atom stereocenters. The molecule has 1 N–H and O–H groups in total. The minimum atomic E-state index is -4.46. The van der Waals surface area contributed by atoms with Crippen molar-refractivity contribution in [3.63, 3.8) is 0 Å². The number of pyridine rings is 2. The fourth-order valence-corrected chi connectivity index (χ4v) is 3.20. The Morgan fingerprint density at radius 2 is 1.70 bits per heavy atom. The Balaban J connectivity index is 1.48. The molecule has 0 aromatic carbocycles. The Labute approximate surface area is 153 Å². The Morgan fingerprint density at radius 3 is 2.41 bits per heavy atom. The number of rotatable bonds is 3. The van der Waals surface area contributed by atoms with Crippen LogP contribution in [0.4, 0.5) is 24.9 Å². The van der Waals surface area contributed by atoms with Gasteiger partial charge in [0, 0.05) is 43.1 Å². The average Bonchev–Trinajstić information content (AvgIpc) is 2.68. The first-order valence-electron chi connectivity index (χ1n) is 8.62. The molecule has 3 aromatic rings. The number of nitrogens with one attached hydrogen (secondary N) is 1. The van der Waals surface area contributed by atoms with E-state index >= 15 is 0 Å². The minimum Gasteiger partial charge on any atom is -0.367 e. The number of alkyl halides is 3. The Morgan fingerprint density at radius 1 is 0.963 bits per heavy atom. The summed E-state index contributed by atoms with van der Waals surface area (Å²) in [6.45, 7) is 1.59.